The van der Waals surface area contributed by atoms with Crippen molar-refractivity contribution in [2.75, 3.05) is 12.8 Å². The molecular weight excluding hydrogens is 232 g/mol. The molecule has 0 spiro atoms. The second kappa shape index (κ2) is 3.95. The van der Waals surface area contributed by atoms with Gasteiger partial charge in [0, 0.05) is 29.6 Å². The van der Waals surface area contributed by atoms with Crippen LogP contribution in [0.4, 0.5) is 5.95 Å². The standard InChI is InChI=1S/C11H10N6O/c1-18-9-3-2-7(4-13-9)8-5-14-11(12)17-6-15-16-10(8)17/h2-6H,1H3,(H2,12,14). The molecule has 0 aromatic carbocycles. The van der Waals surface area contributed by atoms with Crippen LogP contribution in [-0.4, -0.2) is 31.7 Å². The van der Waals surface area contributed by atoms with Crippen molar-refractivity contribution in [1.29, 1.82) is 0 Å². The van der Waals surface area contributed by atoms with Crippen LogP contribution < -0.4 is 10.5 Å². The van der Waals surface area contributed by atoms with Gasteiger partial charge in [-0.05, 0) is 6.07 Å². The van der Waals surface area contributed by atoms with Gasteiger partial charge in [-0.1, -0.05) is 0 Å². The molecule has 0 aliphatic rings. The Hall–Kier alpha value is -2.70. The quantitative estimate of drug-likeness (QED) is 0.714. The second-order valence-electron chi connectivity index (χ2n) is 3.64. The van der Waals surface area contributed by atoms with Gasteiger partial charge in [0.1, 0.15) is 6.33 Å². The molecule has 0 aliphatic heterocycles. The van der Waals surface area contributed by atoms with E-state index < -0.39 is 0 Å². The predicted octanol–water partition coefficient (Wildman–Crippen LogP) is 0.777. The molecule has 0 aliphatic carbocycles. The number of pyridine rings is 1. The lowest BCUT2D eigenvalue weighted by molar-refractivity contribution is 0.398. The number of aromatic nitrogens is 5. The number of hydrogen-bond donors (Lipinski definition) is 1. The van der Waals surface area contributed by atoms with Crippen molar-refractivity contribution >= 4 is 11.6 Å². The largest absolute Gasteiger partial charge is 0.481 e. The van der Waals surface area contributed by atoms with Gasteiger partial charge < -0.3 is 10.5 Å². The maximum absolute atomic E-state index is 5.73. The predicted molar refractivity (Wildman–Crippen MR) is 65.0 cm³/mol. The molecule has 0 radical (unpaired) electrons. The Morgan fingerprint density at radius 3 is 2.83 bits per heavy atom. The molecule has 0 saturated carbocycles. The van der Waals surface area contributed by atoms with Crippen molar-refractivity contribution in [1.82, 2.24) is 24.6 Å². The van der Waals surface area contributed by atoms with Crippen LogP contribution in [0.3, 0.4) is 0 Å². The summed E-state index contributed by atoms with van der Waals surface area (Å²) in [6.45, 7) is 0. The smallest absolute Gasteiger partial charge is 0.212 e. The first-order valence-electron chi connectivity index (χ1n) is 5.24. The Morgan fingerprint density at radius 2 is 2.11 bits per heavy atom. The summed E-state index contributed by atoms with van der Waals surface area (Å²) in [5.41, 5.74) is 8.07. The first-order chi connectivity index (χ1) is 8.79. The fourth-order valence-electron chi connectivity index (χ4n) is 1.70. The molecule has 3 rings (SSSR count). The molecule has 0 unspecified atom stereocenters. The average molecular weight is 242 g/mol. The van der Waals surface area contributed by atoms with E-state index in [9.17, 15) is 0 Å². The van der Waals surface area contributed by atoms with Gasteiger partial charge in [0.2, 0.25) is 11.8 Å². The Bertz CT molecular complexity index is 690. The molecule has 3 aromatic heterocycles. The van der Waals surface area contributed by atoms with Crippen LogP contribution >= 0.6 is 0 Å². The molecule has 0 saturated heterocycles. The van der Waals surface area contributed by atoms with E-state index in [1.54, 1.807) is 30.0 Å². The van der Waals surface area contributed by atoms with Gasteiger partial charge >= 0.3 is 0 Å². The van der Waals surface area contributed by atoms with E-state index in [1.807, 2.05) is 6.07 Å². The van der Waals surface area contributed by atoms with Crippen LogP contribution in [0.1, 0.15) is 0 Å². The lowest BCUT2D eigenvalue weighted by Gasteiger charge is -2.05. The van der Waals surface area contributed by atoms with Crippen LogP contribution in [0.2, 0.25) is 0 Å². The van der Waals surface area contributed by atoms with E-state index >= 15 is 0 Å². The summed E-state index contributed by atoms with van der Waals surface area (Å²) >= 11 is 0. The summed E-state index contributed by atoms with van der Waals surface area (Å²) in [6.07, 6.45) is 4.88. The van der Waals surface area contributed by atoms with E-state index in [1.165, 1.54) is 6.33 Å². The summed E-state index contributed by atoms with van der Waals surface area (Å²) in [4.78, 5) is 8.25. The summed E-state index contributed by atoms with van der Waals surface area (Å²) < 4.78 is 6.64. The highest BCUT2D eigenvalue weighted by Gasteiger charge is 2.09. The van der Waals surface area contributed by atoms with Crippen LogP contribution in [0, 0.1) is 0 Å². The zero-order chi connectivity index (χ0) is 12.5. The molecular formula is C11H10N6O. The SMILES string of the molecule is COc1ccc(-c2cnc(N)n3cnnc23)cn1. The zero-order valence-corrected chi connectivity index (χ0v) is 9.61. The fourth-order valence-corrected chi connectivity index (χ4v) is 1.70. The zero-order valence-electron chi connectivity index (χ0n) is 9.61. The molecule has 0 fully saturated rings. The van der Waals surface area contributed by atoms with E-state index in [0.717, 1.165) is 11.1 Å². The van der Waals surface area contributed by atoms with Gasteiger partial charge in [0.15, 0.2) is 5.65 Å². The average Bonchev–Trinajstić information content (AvgIpc) is 2.90. The maximum Gasteiger partial charge on any atom is 0.212 e. The topological polar surface area (TPSA) is 91.2 Å². The fraction of sp³-hybridized carbons (Fsp3) is 0.0909. The molecule has 3 aromatic rings. The van der Waals surface area contributed by atoms with Crippen molar-refractivity contribution < 1.29 is 4.74 Å². The molecule has 3 heterocycles. The Kier molecular flexibility index (Phi) is 2.30. The first kappa shape index (κ1) is 10.5. The highest BCUT2D eigenvalue weighted by Crippen LogP contribution is 2.24. The number of nitrogens with two attached hydrogens (primary N) is 1. The van der Waals surface area contributed by atoms with Crippen molar-refractivity contribution in [3.05, 3.63) is 30.9 Å². The molecule has 0 amide bonds. The summed E-state index contributed by atoms with van der Waals surface area (Å²) in [5, 5.41) is 7.86. The maximum atomic E-state index is 5.73. The molecule has 18 heavy (non-hydrogen) atoms. The molecule has 90 valence electrons. The highest BCUT2D eigenvalue weighted by atomic mass is 16.5. The van der Waals surface area contributed by atoms with Crippen LogP contribution in [0.15, 0.2) is 30.9 Å². The third-order valence-electron chi connectivity index (χ3n) is 2.62. The lowest BCUT2D eigenvalue weighted by atomic mass is 10.1. The lowest BCUT2D eigenvalue weighted by Crippen LogP contribution is -2.00. The molecule has 2 N–H and O–H groups in total. The number of hydrogen-bond acceptors (Lipinski definition) is 6. The van der Waals surface area contributed by atoms with Crippen molar-refractivity contribution in [3.63, 3.8) is 0 Å². The summed E-state index contributed by atoms with van der Waals surface area (Å²) in [7, 11) is 1.57. The van der Waals surface area contributed by atoms with Gasteiger partial charge in [0.25, 0.3) is 0 Å². The number of rotatable bonds is 2. The Morgan fingerprint density at radius 1 is 1.22 bits per heavy atom. The Balaban J connectivity index is 2.18. The molecule has 0 atom stereocenters. The van der Waals surface area contributed by atoms with Crippen molar-refractivity contribution in [2.24, 2.45) is 0 Å². The third kappa shape index (κ3) is 1.53. The third-order valence-corrected chi connectivity index (χ3v) is 2.62. The van der Waals surface area contributed by atoms with E-state index in [0.29, 0.717) is 17.5 Å². The van der Waals surface area contributed by atoms with Crippen molar-refractivity contribution in [3.8, 4) is 17.0 Å². The number of anilines is 1. The summed E-state index contributed by atoms with van der Waals surface area (Å²) in [6, 6.07) is 3.66. The number of methoxy groups -OCH3 is 1. The van der Waals surface area contributed by atoms with Gasteiger partial charge in [-0.2, -0.15) is 0 Å². The minimum Gasteiger partial charge on any atom is -0.481 e. The number of nitrogen functional groups attached to an aromatic ring is 1. The number of fused-ring (bicyclic) bond motifs is 1. The minimum atomic E-state index is 0.347. The monoisotopic (exact) mass is 242 g/mol. The summed E-state index contributed by atoms with van der Waals surface area (Å²) in [5.74, 6) is 0.903. The minimum absolute atomic E-state index is 0.347. The Labute approximate surface area is 102 Å². The van der Waals surface area contributed by atoms with Gasteiger partial charge in [-0.25, -0.2) is 9.97 Å². The molecule has 7 nitrogen and oxygen atoms in total. The number of ether oxygens (including phenoxy) is 1. The van der Waals surface area contributed by atoms with Gasteiger partial charge in [0.05, 0.1) is 7.11 Å². The van der Waals surface area contributed by atoms with Crippen molar-refractivity contribution in [2.45, 2.75) is 0 Å². The number of nitrogens with zero attached hydrogens (tertiary/aromatic N) is 5. The first-order valence-corrected chi connectivity index (χ1v) is 5.24. The highest BCUT2D eigenvalue weighted by molar-refractivity contribution is 5.76. The van der Waals surface area contributed by atoms with E-state index in [4.69, 9.17) is 10.5 Å². The van der Waals surface area contributed by atoms with E-state index in [2.05, 4.69) is 20.2 Å². The molecule has 0 bridgehead atoms. The molecule has 7 heteroatoms. The van der Waals surface area contributed by atoms with E-state index in [-0.39, 0.29) is 0 Å². The van der Waals surface area contributed by atoms with Crippen LogP contribution in [-0.2, 0) is 0 Å². The van der Waals surface area contributed by atoms with Crippen LogP contribution in [0.5, 0.6) is 5.88 Å². The van der Waals surface area contributed by atoms with Gasteiger partial charge in [-0.15, -0.1) is 10.2 Å². The second-order valence-corrected chi connectivity index (χ2v) is 3.64. The van der Waals surface area contributed by atoms with Crippen LogP contribution in [0.25, 0.3) is 16.8 Å². The normalized spacial score (nSPS) is 10.7. The van der Waals surface area contributed by atoms with Gasteiger partial charge in [-0.3, -0.25) is 4.40 Å².